The molecule has 1 aromatic carbocycles. The first-order valence-electron chi connectivity index (χ1n) is 6.62. The highest BCUT2D eigenvalue weighted by molar-refractivity contribution is 5.65. The third-order valence-electron chi connectivity index (χ3n) is 3.21. The van der Waals surface area contributed by atoms with Gasteiger partial charge in [0.15, 0.2) is 0 Å². The minimum atomic E-state index is -0.983. The molecule has 0 spiro atoms. The topological polar surface area (TPSA) is 49.3 Å². The molecular formula is C16H25NO2. The monoisotopic (exact) mass is 263 g/mol. The van der Waals surface area contributed by atoms with Gasteiger partial charge in [-0.25, -0.2) is 4.79 Å². The lowest BCUT2D eigenvalue weighted by molar-refractivity contribution is 0.174. The van der Waals surface area contributed by atoms with Crippen molar-refractivity contribution in [1.29, 1.82) is 0 Å². The van der Waals surface area contributed by atoms with Crippen molar-refractivity contribution in [2.75, 3.05) is 0 Å². The fourth-order valence-electron chi connectivity index (χ4n) is 2.32. The summed E-state index contributed by atoms with van der Waals surface area (Å²) in [6.07, 6.45) is -0.983. The lowest BCUT2D eigenvalue weighted by atomic mass is 9.75. The SMILES string of the molecule is CC(C)(C)c1ccccc1C(NC(=O)O)C(C)(C)C. The van der Waals surface area contributed by atoms with E-state index in [9.17, 15) is 4.79 Å². The Balaban J connectivity index is 3.35. The number of benzene rings is 1. The van der Waals surface area contributed by atoms with Crippen molar-refractivity contribution in [3.8, 4) is 0 Å². The summed E-state index contributed by atoms with van der Waals surface area (Å²) in [5, 5.41) is 11.8. The Hall–Kier alpha value is -1.51. The molecule has 106 valence electrons. The predicted molar refractivity (Wildman–Crippen MR) is 78.5 cm³/mol. The zero-order valence-corrected chi connectivity index (χ0v) is 12.7. The fraction of sp³-hybridized carbons (Fsp3) is 0.562. The van der Waals surface area contributed by atoms with Crippen LogP contribution in [0.15, 0.2) is 24.3 Å². The minimum Gasteiger partial charge on any atom is -0.465 e. The predicted octanol–water partition coefficient (Wildman–Crippen LogP) is 4.34. The summed E-state index contributed by atoms with van der Waals surface area (Å²) in [6, 6.07) is 7.85. The van der Waals surface area contributed by atoms with Crippen molar-refractivity contribution in [3.63, 3.8) is 0 Å². The van der Waals surface area contributed by atoms with Crippen LogP contribution < -0.4 is 5.32 Å². The van der Waals surface area contributed by atoms with E-state index in [0.29, 0.717) is 0 Å². The highest BCUT2D eigenvalue weighted by atomic mass is 16.4. The average molecular weight is 263 g/mol. The molecule has 0 aliphatic carbocycles. The molecule has 0 aliphatic heterocycles. The van der Waals surface area contributed by atoms with Gasteiger partial charge in [-0.1, -0.05) is 65.8 Å². The Morgan fingerprint density at radius 3 is 2.05 bits per heavy atom. The van der Waals surface area contributed by atoms with Crippen LogP contribution in [0, 0.1) is 5.41 Å². The first-order chi connectivity index (χ1) is 8.53. The van der Waals surface area contributed by atoms with E-state index in [2.05, 4.69) is 32.2 Å². The summed E-state index contributed by atoms with van der Waals surface area (Å²) in [6.45, 7) is 12.6. The second kappa shape index (κ2) is 5.24. The van der Waals surface area contributed by atoms with Gasteiger partial charge in [0.25, 0.3) is 0 Å². The Morgan fingerprint density at radius 2 is 1.63 bits per heavy atom. The lowest BCUT2D eigenvalue weighted by Crippen LogP contribution is -2.37. The van der Waals surface area contributed by atoms with Crippen LogP contribution in [0.25, 0.3) is 0 Å². The maximum Gasteiger partial charge on any atom is 0.405 e. The number of amides is 1. The Kier molecular flexibility index (Phi) is 4.28. The van der Waals surface area contributed by atoms with Crippen LogP contribution in [-0.2, 0) is 5.41 Å². The van der Waals surface area contributed by atoms with Gasteiger partial charge in [0.2, 0.25) is 0 Å². The molecule has 1 rings (SSSR count). The lowest BCUT2D eigenvalue weighted by Gasteiger charge is -2.35. The van der Waals surface area contributed by atoms with Gasteiger partial charge in [0, 0.05) is 0 Å². The molecule has 0 saturated heterocycles. The van der Waals surface area contributed by atoms with E-state index in [1.807, 2.05) is 39.0 Å². The molecule has 0 aromatic heterocycles. The van der Waals surface area contributed by atoms with Crippen molar-refractivity contribution in [1.82, 2.24) is 5.32 Å². The molecule has 1 unspecified atom stereocenters. The summed E-state index contributed by atoms with van der Waals surface area (Å²) in [5.74, 6) is 0. The van der Waals surface area contributed by atoms with Crippen LogP contribution in [0.4, 0.5) is 4.79 Å². The second-order valence-electron chi connectivity index (χ2n) is 7.09. The van der Waals surface area contributed by atoms with E-state index < -0.39 is 6.09 Å². The molecule has 3 heteroatoms. The van der Waals surface area contributed by atoms with Gasteiger partial charge in [0.05, 0.1) is 6.04 Å². The molecule has 1 amide bonds. The zero-order chi connectivity index (χ0) is 14.8. The molecule has 0 saturated carbocycles. The molecule has 19 heavy (non-hydrogen) atoms. The van der Waals surface area contributed by atoms with E-state index in [-0.39, 0.29) is 16.9 Å². The van der Waals surface area contributed by atoms with E-state index in [0.717, 1.165) is 5.56 Å². The van der Waals surface area contributed by atoms with Crippen LogP contribution in [-0.4, -0.2) is 11.2 Å². The van der Waals surface area contributed by atoms with Gasteiger partial charge in [-0.05, 0) is 22.0 Å². The molecule has 3 nitrogen and oxygen atoms in total. The van der Waals surface area contributed by atoms with Gasteiger partial charge >= 0.3 is 6.09 Å². The first kappa shape index (κ1) is 15.5. The molecular weight excluding hydrogens is 238 g/mol. The maximum absolute atomic E-state index is 11.1. The van der Waals surface area contributed by atoms with Crippen molar-refractivity contribution in [3.05, 3.63) is 35.4 Å². The number of carboxylic acid groups (broad SMARTS) is 1. The molecule has 0 bridgehead atoms. The van der Waals surface area contributed by atoms with E-state index in [1.54, 1.807) is 0 Å². The zero-order valence-electron chi connectivity index (χ0n) is 12.7. The van der Waals surface area contributed by atoms with Crippen LogP contribution in [0.2, 0.25) is 0 Å². The van der Waals surface area contributed by atoms with Gasteiger partial charge in [0.1, 0.15) is 0 Å². The van der Waals surface area contributed by atoms with Crippen LogP contribution in [0.5, 0.6) is 0 Å². The van der Waals surface area contributed by atoms with E-state index in [1.165, 1.54) is 5.56 Å². The smallest absolute Gasteiger partial charge is 0.405 e. The summed E-state index contributed by atoms with van der Waals surface area (Å²) in [7, 11) is 0. The van der Waals surface area contributed by atoms with Gasteiger partial charge in [-0.15, -0.1) is 0 Å². The summed E-state index contributed by atoms with van der Waals surface area (Å²) in [5.41, 5.74) is 2.05. The normalized spacial score (nSPS) is 14.0. The van der Waals surface area contributed by atoms with Gasteiger partial charge < -0.3 is 10.4 Å². The molecule has 1 aromatic rings. The summed E-state index contributed by atoms with van der Waals surface area (Å²) >= 11 is 0. The Bertz CT molecular complexity index is 453. The molecule has 2 N–H and O–H groups in total. The third-order valence-corrected chi connectivity index (χ3v) is 3.21. The van der Waals surface area contributed by atoms with Crippen LogP contribution in [0.1, 0.15) is 58.7 Å². The standard InChI is InChI=1S/C16H25NO2/c1-15(2,3)12-10-8-7-9-11(12)13(16(4,5)6)17-14(18)19/h7-10,13,17H,1-6H3,(H,18,19). The number of carbonyl (C=O) groups is 1. The van der Waals surface area contributed by atoms with Crippen molar-refractivity contribution < 1.29 is 9.90 Å². The van der Waals surface area contributed by atoms with Crippen molar-refractivity contribution in [2.45, 2.75) is 53.0 Å². The highest BCUT2D eigenvalue weighted by Crippen LogP contribution is 2.38. The molecule has 0 radical (unpaired) electrons. The van der Waals surface area contributed by atoms with E-state index >= 15 is 0 Å². The third kappa shape index (κ3) is 3.98. The highest BCUT2D eigenvalue weighted by Gasteiger charge is 2.31. The maximum atomic E-state index is 11.1. The largest absolute Gasteiger partial charge is 0.465 e. The van der Waals surface area contributed by atoms with E-state index in [4.69, 9.17) is 5.11 Å². The fourth-order valence-corrected chi connectivity index (χ4v) is 2.32. The number of nitrogens with one attached hydrogen (secondary N) is 1. The quantitative estimate of drug-likeness (QED) is 0.834. The number of hydrogen-bond acceptors (Lipinski definition) is 1. The van der Waals surface area contributed by atoms with Crippen LogP contribution in [0.3, 0.4) is 0 Å². The van der Waals surface area contributed by atoms with Crippen molar-refractivity contribution in [2.24, 2.45) is 5.41 Å². The molecule has 0 heterocycles. The average Bonchev–Trinajstić information content (AvgIpc) is 2.23. The number of rotatable bonds is 2. The molecule has 0 aliphatic rings. The molecule has 0 fully saturated rings. The second-order valence-corrected chi connectivity index (χ2v) is 7.09. The molecule has 1 atom stereocenters. The Morgan fingerprint density at radius 1 is 1.11 bits per heavy atom. The summed E-state index contributed by atoms with van der Waals surface area (Å²) in [4.78, 5) is 11.1. The van der Waals surface area contributed by atoms with Crippen molar-refractivity contribution >= 4 is 6.09 Å². The van der Waals surface area contributed by atoms with Gasteiger partial charge in [-0.3, -0.25) is 0 Å². The Labute approximate surface area is 116 Å². The summed E-state index contributed by atoms with van der Waals surface area (Å²) < 4.78 is 0. The van der Waals surface area contributed by atoms with Crippen LogP contribution >= 0.6 is 0 Å². The number of hydrogen-bond donors (Lipinski definition) is 2. The van der Waals surface area contributed by atoms with Gasteiger partial charge in [-0.2, -0.15) is 0 Å². The first-order valence-corrected chi connectivity index (χ1v) is 6.62. The minimum absolute atomic E-state index is 0.0136.